The lowest BCUT2D eigenvalue weighted by atomic mass is 9.96. The van der Waals surface area contributed by atoms with Gasteiger partial charge in [0.2, 0.25) is 0 Å². The van der Waals surface area contributed by atoms with Gasteiger partial charge < -0.3 is 10.2 Å². The van der Waals surface area contributed by atoms with E-state index in [9.17, 15) is 4.79 Å². The van der Waals surface area contributed by atoms with Gasteiger partial charge in [-0.2, -0.15) is 0 Å². The summed E-state index contributed by atoms with van der Waals surface area (Å²) in [5.74, 6) is 0.700. The van der Waals surface area contributed by atoms with Crippen LogP contribution in [0.5, 0.6) is 0 Å². The molecule has 1 saturated heterocycles. The highest BCUT2D eigenvalue weighted by molar-refractivity contribution is 6.32. The summed E-state index contributed by atoms with van der Waals surface area (Å²) >= 11 is 6.18. The Morgan fingerprint density at radius 1 is 1.39 bits per heavy atom. The van der Waals surface area contributed by atoms with E-state index in [4.69, 9.17) is 11.6 Å². The van der Waals surface area contributed by atoms with Gasteiger partial charge in [0.15, 0.2) is 0 Å². The first-order valence-electron chi connectivity index (χ1n) is 8.23. The van der Waals surface area contributed by atoms with Crippen molar-refractivity contribution in [2.75, 3.05) is 26.2 Å². The summed E-state index contributed by atoms with van der Waals surface area (Å²) in [5, 5.41) is 4.88. The molecule has 0 radical (unpaired) electrons. The molecule has 0 bridgehead atoms. The second kappa shape index (κ2) is 7.28. The van der Waals surface area contributed by atoms with Crippen LogP contribution in [-0.4, -0.2) is 42.0 Å². The predicted octanol–water partition coefficient (Wildman–Crippen LogP) is 3.35. The molecule has 3 rings (SSSR count). The van der Waals surface area contributed by atoms with E-state index in [0.717, 1.165) is 49.9 Å². The summed E-state index contributed by atoms with van der Waals surface area (Å²) in [4.78, 5) is 19.2. The first-order chi connectivity index (χ1) is 11.2. The zero-order valence-corrected chi connectivity index (χ0v) is 14.1. The predicted molar refractivity (Wildman–Crippen MR) is 93.9 cm³/mol. The SMILES string of the molecule is CCNCC1CCN(C(=O)c2cc(Cl)cc3cccnc23)CC1. The Morgan fingerprint density at radius 2 is 2.17 bits per heavy atom. The molecule has 2 aromatic rings. The summed E-state index contributed by atoms with van der Waals surface area (Å²) in [6, 6.07) is 7.39. The fourth-order valence-corrected chi connectivity index (χ4v) is 3.40. The number of piperidine rings is 1. The summed E-state index contributed by atoms with van der Waals surface area (Å²) in [5.41, 5.74) is 1.34. The van der Waals surface area contributed by atoms with Crippen LogP contribution < -0.4 is 5.32 Å². The van der Waals surface area contributed by atoms with E-state index in [2.05, 4.69) is 17.2 Å². The number of carbonyl (C=O) groups excluding carboxylic acids is 1. The maximum Gasteiger partial charge on any atom is 0.256 e. The largest absolute Gasteiger partial charge is 0.339 e. The van der Waals surface area contributed by atoms with E-state index in [-0.39, 0.29) is 5.91 Å². The molecular weight excluding hydrogens is 310 g/mol. The summed E-state index contributed by atoms with van der Waals surface area (Å²) < 4.78 is 0. The number of rotatable bonds is 4. The van der Waals surface area contributed by atoms with Crippen molar-refractivity contribution in [3.05, 3.63) is 41.0 Å². The Morgan fingerprint density at radius 3 is 2.91 bits per heavy atom. The molecule has 1 aromatic heterocycles. The number of pyridine rings is 1. The molecule has 1 amide bonds. The molecule has 4 nitrogen and oxygen atoms in total. The minimum atomic E-state index is 0.0399. The van der Waals surface area contributed by atoms with Crippen LogP contribution in [0.1, 0.15) is 30.1 Å². The number of carbonyl (C=O) groups is 1. The average Bonchev–Trinajstić information content (AvgIpc) is 2.59. The molecule has 2 heterocycles. The molecule has 0 atom stereocenters. The topological polar surface area (TPSA) is 45.2 Å². The maximum absolute atomic E-state index is 12.9. The molecule has 122 valence electrons. The highest BCUT2D eigenvalue weighted by atomic mass is 35.5. The number of nitrogens with one attached hydrogen (secondary N) is 1. The normalized spacial score (nSPS) is 16.0. The van der Waals surface area contributed by atoms with E-state index in [1.807, 2.05) is 23.1 Å². The van der Waals surface area contributed by atoms with Crippen LogP contribution in [0.4, 0.5) is 0 Å². The molecule has 1 N–H and O–H groups in total. The van der Waals surface area contributed by atoms with E-state index in [1.54, 1.807) is 12.3 Å². The van der Waals surface area contributed by atoms with Crippen LogP contribution in [0.2, 0.25) is 5.02 Å². The van der Waals surface area contributed by atoms with Gasteiger partial charge in [-0.25, -0.2) is 0 Å². The lowest BCUT2D eigenvalue weighted by Gasteiger charge is -2.32. The smallest absolute Gasteiger partial charge is 0.256 e. The third kappa shape index (κ3) is 3.65. The van der Waals surface area contributed by atoms with E-state index < -0.39 is 0 Å². The van der Waals surface area contributed by atoms with Crippen LogP contribution in [0.15, 0.2) is 30.5 Å². The first-order valence-corrected chi connectivity index (χ1v) is 8.61. The Balaban J connectivity index is 1.77. The molecule has 0 saturated carbocycles. The molecule has 1 aliphatic rings. The molecule has 0 aliphatic carbocycles. The third-order valence-electron chi connectivity index (χ3n) is 4.48. The van der Waals surface area contributed by atoms with Gasteiger partial charge in [0.05, 0.1) is 11.1 Å². The standard InChI is InChI=1S/C18H22ClN3O/c1-2-20-12-13-5-8-22(9-6-13)18(23)16-11-15(19)10-14-4-3-7-21-17(14)16/h3-4,7,10-11,13,20H,2,5-6,8-9,12H2,1H3. The van der Waals surface area contributed by atoms with Crippen molar-refractivity contribution >= 4 is 28.4 Å². The number of nitrogens with zero attached hydrogens (tertiary/aromatic N) is 2. The van der Waals surface area contributed by atoms with Gasteiger partial charge in [-0.3, -0.25) is 9.78 Å². The zero-order valence-electron chi connectivity index (χ0n) is 13.4. The summed E-state index contributed by atoms with van der Waals surface area (Å²) in [6.45, 7) is 5.76. The highest BCUT2D eigenvalue weighted by Crippen LogP contribution is 2.25. The van der Waals surface area contributed by atoms with Crippen molar-refractivity contribution in [2.45, 2.75) is 19.8 Å². The van der Waals surface area contributed by atoms with Crippen molar-refractivity contribution in [3.63, 3.8) is 0 Å². The Labute approximate surface area is 141 Å². The number of hydrogen-bond donors (Lipinski definition) is 1. The third-order valence-corrected chi connectivity index (χ3v) is 4.70. The van der Waals surface area contributed by atoms with Gasteiger partial charge in [0.1, 0.15) is 0 Å². The fourth-order valence-electron chi connectivity index (χ4n) is 3.18. The lowest BCUT2D eigenvalue weighted by Crippen LogP contribution is -2.40. The van der Waals surface area contributed by atoms with Gasteiger partial charge >= 0.3 is 0 Å². The van der Waals surface area contributed by atoms with Crippen LogP contribution in [-0.2, 0) is 0 Å². The van der Waals surface area contributed by atoms with E-state index in [0.29, 0.717) is 16.5 Å². The van der Waals surface area contributed by atoms with Crippen LogP contribution >= 0.6 is 11.6 Å². The van der Waals surface area contributed by atoms with Crippen molar-refractivity contribution in [1.82, 2.24) is 15.2 Å². The van der Waals surface area contributed by atoms with Gasteiger partial charge in [-0.1, -0.05) is 24.6 Å². The number of benzene rings is 1. The highest BCUT2D eigenvalue weighted by Gasteiger charge is 2.25. The number of hydrogen-bond acceptors (Lipinski definition) is 3. The Bertz CT molecular complexity index is 696. The summed E-state index contributed by atoms with van der Waals surface area (Å²) in [7, 11) is 0. The minimum Gasteiger partial charge on any atom is -0.339 e. The zero-order chi connectivity index (χ0) is 16.2. The second-order valence-corrected chi connectivity index (χ2v) is 6.51. The van der Waals surface area contributed by atoms with Gasteiger partial charge in [-0.05, 0) is 50.0 Å². The number of amides is 1. The number of likely N-dealkylation sites (tertiary alicyclic amines) is 1. The molecule has 23 heavy (non-hydrogen) atoms. The molecule has 0 unspecified atom stereocenters. The van der Waals surface area contributed by atoms with Crippen LogP contribution in [0.3, 0.4) is 0 Å². The Hall–Kier alpha value is -1.65. The molecule has 1 aromatic carbocycles. The monoisotopic (exact) mass is 331 g/mol. The summed E-state index contributed by atoms with van der Waals surface area (Å²) in [6.07, 6.45) is 3.81. The number of halogens is 1. The minimum absolute atomic E-state index is 0.0399. The molecule has 1 fully saturated rings. The molecular formula is C18H22ClN3O. The second-order valence-electron chi connectivity index (χ2n) is 6.07. The number of aromatic nitrogens is 1. The van der Waals surface area contributed by atoms with Crippen LogP contribution in [0, 0.1) is 5.92 Å². The van der Waals surface area contributed by atoms with Gasteiger partial charge in [0.25, 0.3) is 5.91 Å². The van der Waals surface area contributed by atoms with Crippen molar-refractivity contribution in [1.29, 1.82) is 0 Å². The average molecular weight is 332 g/mol. The van der Waals surface area contributed by atoms with E-state index >= 15 is 0 Å². The lowest BCUT2D eigenvalue weighted by molar-refractivity contribution is 0.0692. The van der Waals surface area contributed by atoms with Crippen molar-refractivity contribution < 1.29 is 4.79 Å². The first kappa shape index (κ1) is 16.2. The van der Waals surface area contributed by atoms with Crippen molar-refractivity contribution in [2.24, 2.45) is 5.92 Å². The van der Waals surface area contributed by atoms with Crippen LogP contribution in [0.25, 0.3) is 10.9 Å². The Kier molecular flexibility index (Phi) is 5.13. The van der Waals surface area contributed by atoms with Gasteiger partial charge in [0, 0.05) is 29.7 Å². The van der Waals surface area contributed by atoms with Crippen molar-refractivity contribution in [3.8, 4) is 0 Å². The quantitative estimate of drug-likeness (QED) is 0.934. The maximum atomic E-state index is 12.9. The number of fused-ring (bicyclic) bond motifs is 1. The molecule has 0 spiro atoms. The van der Waals surface area contributed by atoms with Gasteiger partial charge in [-0.15, -0.1) is 0 Å². The van der Waals surface area contributed by atoms with E-state index in [1.165, 1.54) is 0 Å². The molecule has 5 heteroatoms. The fraction of sp³-hybridized carbons (Fsp3) is 0.444. The molecule has 1 aliphatic heterocycles.